The smallest absolute Gasteiger partial charge is 0.325 e. The molecule has 0 aliphatic heterocycles. The number of carboxylic acids is 1. The number of nitrogens with one attached hydrogen (secondary N) is 1. The summed E-state index contributed by atoms with van der Waals surface area (Å²) < 4.78 is 24.5. The average molecular weight is 370 g/mol. The van der Waals surface area contributed by atoms with E-state index in [1.807, 2.05) is 31.2 Å². The number of rotatable bonds is 13. The number of nitrogens with two attached hydrogens (primary N) is 1. The Balaban J connectivity index is 2.81. The lowest BCUT2D eigenvalue weighted by atomic mass is 9.86. The monoisotopic (exact) mass is 369 g/mol. The zero-order valence-corrected chi connectivity index (χ0v) is 15.6. The van der Waals surface area contributed by atoms with Gasteiger partial charge in [0, 0.05) is 17.7 Å². The van der Waals surface area contributed by atoms with E-state index in [9.17, 15) is 18.7 Å². The predicted octanol–water partition coefficient (Wildman–Crippen LogP) is 2.30. The Bertz CT molecular complexity index is 551. The van der Waals surface area contributed by atoms with Gasteiger partial charge in [-0.1, -0.05) is 50.5 Å². The summed E-state index contributed by atoms with van der Waals surface area (Å²) in [5, 5.41) is 9.64. The first-order chi connectivity index (χ1) is 11.9. The fraction of sp³-hybridized carbons (Fsp3) is 0.611. The number of aliphatic carboxylic acids is 1. The van der Waals surface area contributed by atoms with E-state index in [1.165, 1.54) is 5.56 Å². The lowest BCUT2D eigenvalue weighted by molar-refractivity contribution is -0.144. The molecule has 2 unspecified atom stereocenters. The van der Waals surface area contributed by atoms with Gasteiger partial charge in [0.25, 0.3) is 0 Å². The minimum Gasteiger partial charge on any atom is -0.760 e. The number of unbranched alkanes of at least 4 members (excludes halogenated alkanes) is 3. The molecule has 0 aromatic heterocycles. The molecule has 4 N–H and O–H groups in total. The van der Waals surface area contributed by atoms with Crippen LogP contribution in [0, 0.1) is 0 Å². The number of carbonyl (C=O) groups is 1. The van der Waals surface area contributed by atoms with Gasteiger partial charge in [0.05, 0.1) is 0 Å². The van der Waals surface area contributed by atoms with E-state index < -0.39 is 22.8 Å². The maximum atomic E-state index is 11.8. The fourth-order valence-electron chi connectivity index (χ4n) is 2.86. The molecule has 0 radical (unpaired) electrons. The molecule has 142 valence electrons. The molecule has 2 atom stereocenters. The third-order valence-electron chi connectivity index (χ3n) is 4.34. The van der Waals surface area contributed by atoms with Gasteiger partial charge in [-0.25, -0.2) is 4.72 Å². The van der Waals surface area contributed by atoms with E-state index in [0.717, 1.165) is 37.7 Å². The summed E-state index contributed by atoms with van der Waals surface area (Å²) in [5.41, 5.74) is 5.99. The van der Waals surface area contributed by atoms with Crippen molar-refractivity contribution in [3.63, 3.8) is 0 Å². The highest BCUT2D eigenvalue weighted by Gasteiger charge is 2.38. The van der Waals surface area contributed by atoms with E-state index >= 15 is 0 Å². The first-order valence-corrected chi connectivity index (χ1v) is 9.89. The molecular formula is C18H29N2O4S-. The van der Waals surface area contributed by atoms with Crippen molar-refractivity contribution in [3.8, 4) is 0 Å². The number of hydrogen-bond donors (Lipinski definition) is 3. The summed E-state index contributed by atoms with van der Waals surface area (Å²) in [6.07, 6.45) is 5.97. The normalized spacial score (nSPS) is 14.8. The highest BCUT2D eigenvalue weighted by Crippen LogP contribution is 2.22. The molecule has 1 aromatic rings. The second kappa shape index (κ2) is 11.4. The van der Waals surface area contributed by atoms with Crippen molar-refractivity contribution in [2.24, 2.45) is 5.73 Å². The minimum absolute atomic E-state index is 0.129. The van der Waals surface area contributed by atoms with Crippen molar-refractivity contribution in [1.29, 1.82) is 0 Å². The van der Waals surface area contributed by atoms with Gasteiger partial charge in [-0.15, -0.1) is 0 Å². The van der Waals surface area contributed by atoms with Crippen LogP contribution < -0.4 is 10.5 Å². The fourth-order valence-corrected chi connectivity index (χ4v) is 3.44. The van der Waals surface area contributed by atoms with Crippen molar-refractivity contribution in [3.05, 3.63) is 35.4 Å². The minimum atomic E-state index is -2.63. The third kappa shape index (κ3) is 7.64. The molecule has 6 nitrogen and oxygen atoms in total. The predicted molar refractivity (Wildman–Crippen MR) is 98.7 cm³/mol. The zero-order valence-electron chi connectivity index (χ0n) is 14.8. The molecule has 0 saturated carbocycles. The van der Waals surface area contributed by atoms with Gasteiger partial charge >= 0.3 is 5.97 Å². The van der Waals surface area contributed by atoms with Gasteiger partial charge in [-0.2, -0.15) is 0 Å². The van der Waals surface area contributed by atoms with Crippen LogP contribution >= 0.6 is 0 Å². The molecule has 0 bridgehead atoms. The summed E-state index contributed by atoms with van der Waals surface area (Å²) >= 11 is -2.63. The van der Waals surface area contributed by atoms with Crippen LogP contribution in [-0.2, 0) is 28.9 Å². The van der Waals surface area contributed by atoms with Crippen LogP contribution in [-0.4, -0.2) is 31.9 Å². The summed E-state index contributed by atoms with van der Waals surface area (Å²) in [7, 11) is 0. The highest BCUT2D eigenvalue weighted by molar-refractivity contribution is 7.77. The first-order valence-electron chi connectivity index (χ1n) is 8.82. The van der Waals surface area contributed by atoms with Crippen molar-refractivity contribution < 1.29 is 18.7 Å². The molecular weight excluding hydrogens is 340 g/mol. The SMILES string of the molecule is CCCCC(Cc1ccc(CCCCCN)cc1)(NS(=O)[O-])C(=O)O. The summed E-state index contributed by atoms with van der Waals surface area (Å²) in [5.74, 6) is -1.14. The Morgan fingerprint density at radius 1 is 1.20 bits per heavy atom. The Labute approximate surface area is 152 Å². The Hall–Kier alpha value is -1.28. The second-order valence-electron chi connectivity index (χ2n) is 6.42. The van der Waals surface area contributed by atoms with Gasteiger partial charge in [-0.3, -0.25) is 9.00 Å². The molecule has 7 heteroatoms. The molecule has 0 heterocycles. The van der Waals surface area contributed by atoms with Crippen molar-refractivity contribution >= 4 is 17.2 Å². The van der Waals surface area contributed by atoms with Crippen LogP contribution in [0.5, 0.6) is 0 Å². The molecule has 0 saturated heterocycles. The van der Waals surface area contributed by atoms with Crippen LogP contribution in [0.15, 0.2) is 24.3 Å². The molecule has 0 fully saturated rings. The summed E-state index contributed by atoms with van der Waals surface area (Å²) in [6, 6.07) is 7.74. The molecule has 0 aliphatic rings. The van der Waals surface area contributed by atoms with Crippen LogP contribution in [0.2, 0.25) is 0 Å². The highest BCUT2D eigenvalue weighted by atomic mass is 32.2. The molecule has 25 heavy (non-hydrogen) atoms. The maximum absolute atomic E-state index is 11.8. The maximum Gasteiger partial charge on any atom is 0.325 e. The van der Waals surface area contributed by atoms with Gasteiger partial charge < -0.3 is 15.4 Å². The Kier molecular flexibility index (Phi) is 9.89. The largest absolute Gasteiger partial charge is 0.760 e. The van der Waals surface area contributed by atoms with Gasteiger partial charge in [0.2, 0.25) is 0 Å². The Morgan fingerprint density at radius 2 is 1.84 bits per heavy atom. The van der Waals surface area contributed by atoms with Crippen LogP contribution in [0.25, 0.3) is 0 Å². The molecule has 0 amide bonds. The molecule has 1 aromatic carbocycles. The van der Waals surface area contributed by atoms with Crippen molar-refractivity contribution in [2.75, 3.05) is 6.54 Å². The number of benzene rings is 1. The quantitative estimate of drug-likeness (QED) is 0.364. The lowest BCUT2D eigenvalue weighted by Gasteiger charge is -2.31. The first kappa shape index (κ1) is 21.8. The van der Waals surface area contributed by atoms with E-state index in [-0.39, 0.29) is 12.8 Å². The Morgan fingerprint density at radius 3 is 2.36 bits per heavy atom. The van der Waals surface area contributed by atoms with Gasteiger partial charge in [-0.05, 0) is 43.4 Å². The average Bonchev–Trinajstić information content (AvgIpc) is 2.57. The van der Waals surface area contributed by atoms with Crippen molar-refractivity contribution in [2.45, 2.75) is 63.8 Å². The third-order valence-corrected chi connectivity index (χ3v) is 4.90. The van der Waals surface area contributed by atoms with E-state index in [1.54, 1.807) is 0 Å². The topological polar surface area (TPSA) is 115 Å². The molecule has 1 rings (SSSR count). The van der Waals surface area contributed by atoms with Gasteiger partial charge in [0.15, 0.2) is 0 Å². The number of hydrogen-bond acceptors (Lipinski definition) is 4. The van der Waals surface area contributed by atoms with Crippen LogP contribution in [0.1, 0.15) is 56.6 Å². The lowest BCUT2D eigenvalue weighted by Crippen LogP contribution is -2.54. The molecule has 0 spiro atoms. The van der Waals surface area contributed by atoms with Crippen LogP contribution in [0.4, 0.5) is 0 Å². The second-order valence-corrected chi connectivity index (χ2v) is 7.09. The zero-order chi connectivity index (χ0) is 18.7. The number of carboxylic acid groups (broad SMARTS) is 1. The van der Waals surface area contributed by atoms with Crippen molar-refractivity contribution in [1.82, 2.24) is 4.72 Å². The number of aryl methyl sites for hydroxylation is 1. The summed E-state index contributed by atoms with van der Waals surface area (Å²) in [6.45, 7) is 2.66. The standard InChI is InChI=1S/C18H30N2O4S/c1-2-3-12-18(17(21)22,20-25(23)24)14-16-10-8-15(9-11-16)7-5-4-6-13-19/h8-11,20H,2-7,12-14,19H2,1H3,(H,21,22)(H,23,24)/p-1. The summed E-state index contributed by atoms with van der Waals surface area (Å²) in [4.78, 5) is 11.8. The van der Waals surface area contributed by atoms with E-state index in [4.69, 9.17) is 5.73 Å². The molecule has 0 aliphatic carbocycles. The van der Waals surface area contributed by atoms with E-state index in [0.29, 0.717) is 13.0 Å². The van der Waals surface area contributed by atoms with Gasteiger partial charge in [0.1, 0.15) is 5.54 Å². The van der Waals surface area contributed by atoms with E-state index in [2.05, 4.69) is 4.72 Å². The van der Waals surface area contributed by atoms with Crippen LogP contribution in [0.3, 0.4) is 0 Å².